The number of nitrogens with zero attached hydrogens (tertiary/aromatic N) is 2. The van der Waals surface area contributed by atoms with Gasteiger partial charge in [-0.2, -0.15) is 5.26 Å². The number of aryl methyl sites for hydroxylation is 3. The van der Waals surface area contributed by atoms with Crippen molar-refractivity contribution >= 4 is 21.9 Å². The summed E-state index contributed by atoms with van der Waals surface area (Å²) in [6.07, 6.45) is 1.78. The number of hydrogen-bond acceptors (Lipinski definition) is 2. The van der Waals surface area contributed by atoms with Crippen LogP contribution in [-0.2, 0) is 7.05 Å². The van der Waals surface area contributed by atoms with E-state index in [1.54, 1.807) is 19.2 Å². The summed E-state index contributed by atoms with van der Waals surface area (Å²) in [5, 5.41) is 12.0. The highest BCUT2D eigenvalue weighted by Gasteiger charge is 2.24. The normalized spacial score (nSPS) is 11.2. The minimum atomic E-state index is -0.264. The van der Waals surface area contributed by atoms with Crippen LogP contribution in [0.4, 0.5) is 4.39 Å². The van der Waals surface area contributed by atoms with Crippen molar-refractivity contribution in [3.8, 4) is 39.6 Å². The van der Waals surface area contributed by atoms with E-state index < -0.39 is 0 Å². The summed E-state index contributed by atoms with van der Waals surface area (Å²) < 4.78 is 23.0. The second-order valence-electron chi connectivity index (χ2n) is 9.46. The molecule has 0 saturated heterocycles. The maximum atomic E-state index is 14.6. The maximum Gasteiger partial charge on any atom is 0.219 e. The van der Waals surface area contributed by atoms with Gasteiger partial charge >= 0.3 is 0 Å². The average Bonchev–Trinajstić information content (AvgIpc) is 3.30. The Hall–Kier alpha value is -4.75. The first-order valence-electron chi connectivity index (χ1n) is 12.2. The van der Waals surface area contributed by atoms with Crippen LogP contribution in [0.5, 0.6) is 0 Å². The van der Waals surface area contributed by atoms with Crippen LogP contribution in [0.1, 0.15) is 16.7 Å². The van der Waals surface area contributed by atoms with Crippen molar-refractivity contribution in [2.45, 2.75) is 13.8 Å². The fraction of sp³-hybridized carbons (Fsp3) is 0.0909. The van der Waals surface area contributed by atoms with Gasteiger partial charge in [0.15, 0.2) is 11.8 Å². The summed E-state index contributed by atoms with van der Waals surface area (Å²) in [6, 6.07) is 30.4. The van der Waals surface area contributed by atoms with Gasteiger partial charge in [0.1, 0.15) is 30.1 Å². The average molecular weight is 484 g/mol. The molecule has 0 amide bonds. The summed E-state index contributed by atoms with van der Waals surface area (Å²) in [6.45, 7) is 3.74. The van der Waals surface area contributed by atoms with Crippen LogP contribution in [0.3, 0.4) is 0 Å². The SMILES string of the molecule is Cc1c[n+](C)c(-c2c(C)ccc3c2oc2c(C#N)c(-c4ccc(-c5ccccc5)cc4)ccc23)cc1F. The van der Waals surface area contributed by atoms with Crippen molar-refractivity contribution in [2.75, 3.05) is 0 Å². The molecule has 0 bridgehead atoms. The van der Waals surface area contributed by atoms with Crippen LogP contribution < -0.4 is 4.57 Å². The van der Waals surface area contributed by atoms with Gasteiger partial charge < -0.3 is 4.42 Å². The Labute approximate surface area is 214 Å². The van der Waals surface area contributed by atoms with Gasteiger partial charge in [-0.3, -0.25) is 0 Å². The van der Waals surface area contributed by atoms with Crippen LogP contribution in [-0.4, -0.2) is 0 Å². The number of rotatable bonds is 3. The number of pyridine rings is 1. The van der Waals surface area contributed by atoms with Crippen molar-refractivity contribution in [3.05, 3.63) is 114 Å². The van der Waals surface area contributed by atoms with Crippen LogP contribution >= 0.6 is 0 Å². The van der Waals surface area contributed by atoms with Crippen molar-refractivity contribution in [1.82, 2.24) is 0 Å². The zero-order chi connectivity index (χ0) is 25.7. The van der Waals surface area contributed by atoms with E-state index in [1.165, 1.54) is 0 Å². The fourth-order valence-corrected chi connectivity index (χ4v) is 5.15. The first-order chi connectivity index (χ1) is 18.0. The van der Waals surface area contributed by atoms with E-state index in [0.29, 0.717) is 22.3 Å². The van der Waals surface area contributed by atoms with Gasteiger partial charge in [0.05, 0.1) is 5.56 Å². The standard InChI is InChI=1S/C33H24FN2O/c1-20-9-14-27-26-16-15-25(24-12-10-23(11-13-24)22-7-5-4-6-8-22)28(18-35)32(26)37-33(27)31(20)30-17-29(34)21(2)19-36(30)3/h4-17,19H,1-3H3/q+1. The summed E-state index contributed by atoms with van der Waals surface area (Å²) in [4.78, 5) is 0. The molecule has 0 N–H and O–H groups in total. The van der Waals surface area contributed by atoms with Crippen LogP contribution in [0.15, 0.2) is 95.5 Å². The van der Waals surface area contributed by atoms with Gasteiger partial charge in [-0.25, -0.2) is 8.96 Å². The summed E-state index contributed by atoms with van der Waals surface area (Å²) >= 11 is 0. The van der Waals surface area contributed by atoms with E-state index in [2.05, 4.69) is 30.3 Å². The van der Waals surface area contributed by atoms with Crippen molar-refractivity contribution < 1.29 is 13.4 Å². The van der Waals surface area contributed by atoms with Crippen molar-refractivity contribution in [2.24, 2.45) is 7.05 Å². The minimum Gasteiger partial charge on any atom is -0.454 e. The van der Waals surface area contributed by atoms with Gasteiger partial charge in [-0.15, -0.1) is 0 Å². The number of fused-ring (bicyclic) bond motifs is 3. The van der Waals surface area contributed by atoms with Gasteiger partial charge in [0.25, 0.3) is 0 Å². The van der Waals surface area contributed by atoms with Gasteiger partial charge in [-0.05, 0) is 42.2 Å². The Morgan fingerprint density at radius 3 is 2.14 bits per heavy atom. The van der Waals surface area contributed by atoms with Crippen LogP contribution in [0.25, 0.3) is 55.4 Å². The molecule has 4 aromatic carbocycles. The summed E-state index contributed by atoms with van der Waals surface area (Å²) in [5.41, 5.74) is 8.82. The van der Waals surface area contributed by atoms with Gasteiger partial charge in [-0.1, -0.05) is 72.8 Å². The van der Waals surface area contributed by atoms with E-state index >= 15 is 0 Å². The number of benzene rings is 4. The zero-order valence-corrected chi connectivity index (χ0v) is 20.8. The molecule has 2 aromatic heterocycles. The molecular formula is C33H24FN2O+. The van der Waals surface area contributed by atoms with Crippen molar-refractivity contribution in [3.63, 3.8) is 0 Å². The number of hydrogen-bond donors (Lipinski definition) is 0. The van der Waals surface area contributed by atoms with Crippen molar-refractivity contribution in [1.29, 1.82) is 5.26 Å². The molecule has 6 aromatic rings. The lowest BCUT2D eigenvalue weighted by atomic mass is 9.95. The molecule has 0 spiro atoms. The van der Waals surface area contributed by atoms with E-state index in [9.17, 15) is 9.65 Å². The summed E-state index contributed by atoms with van der Waals surface area (Å²) in [7, 11) is 1.90. The molecule has 178 valence electrons. The lowest BCUT2D eigenvalue weighted by molar-refractivity contribution is -0.661. The number of nitriles is 1. The van der Waals surface area contributed by atoms with Gasteiger partial charge in [0.2, 0.25) is 5.69 Å². The monoisotopic (exact) mass is 483 g/mol. The molecule has 0 fully saturated rings. The van der Waals surface area contributed by atoms with E-state index in [0.717, 1.165) is 49.8 Å². The Kier molecular flexibility index (Phi) is 5.35. The molecule has 0 aliphatic carbocycles. The first-order valence-corrected chi connectivity index (χ1v) is 12.2. The molecule has 0 aliphatic rings. The third-order valence-electron chi connectivity index (χ3n) is 7.10. The molecule has 37 heavy (non-hydrogen) atoms. The lowest BCUT2D eigenvalue weighted by Crippen LogP contribution is -2.31. The summed E-state index contributed by atoms with van der Waals surface area (Å²) in [5.74, 6) is -0.264. The highest BCUT2D eigenvalue weighted by molar-refractivity contribution is 6.12. The molecule has 2 heterocycles. The smallest absolute Gasteiger partial charge is 0.219 e. The molecular weight excluding hydrogens is 459 g/mol. The number of halogens is 1. The number of aromatic nitrogens is 1. The van der Waals surface area contributed by atoms with Gasteiger partial charge in [0, 0.05) is 28.0 Å². The molecule has 0 aliphatic heterocycles. The first kappa shape index (κ1) is 22.7. The zero-order valence-electron chi connectivity index (χ0n) is 20.8. The Balaban J connectivity index is 1.55. The lowest BCUT2D eigenvalue weighted by Gasteiger charge is -2.07. The molecule has 0 radical (unpaired) electrons. The predicted octanol–water partition coefficient (Wildman–Crippen LogP) is 8.04. The second kappa shape index (κ2) is 8.72. The van der Waals surface area contributed by atoms with Crippen LogP contribution in [0, 0.1) is 31.0 Å². The molecule has 4 heteroatoms. The second-order valence-corrected chi connectivity index (χ2v) is 9.46. The molecule has 0 saturated carbocycles. The highest BCUT2D eigenvalue weighted by atomic mass is 19.1. The van der Waals surface area contributed by atoms with E-state index in [1.807, 2.05) is 73.1 Å². The maximum absolute atomic E-state index is 14.6. The molecule has 6 rings (SSSR count). The topological polar surface area (TPSA) is 40.8 Å². The largest absolute Gasteiger partial charge is 0.454 e. The van der Waals surface area contributed by atoms with Crippen LogP contribution in [0.2, 0.25) is 0 Å². The predicted molar refractivity (Wildman–Crippen MR) is 145 cm³/mol. The molecule has 0 atom stereocenters. The minimum absolute atomic E-state index is 0.264. The Morgan fingerprint density at radius 1 is 0.757 bits per heavy atom. The third-order valence-corrected chi connectivity index (χ3v) is 7.10. The molecule has 3 nitrogen and oxygen atoms in total. The molecule has 0 unspecified atom stereocenters. The Morgan fingerprint density at radius 2 is 1.41 bits per heavy atom. The highest BCUT2D eigenvalue weighted by Crippen LogP contribution is 2.40. The quantitative estimate of drug-likeness (QED) is 0.239. The fourth-order valence-electron chi connectivity index (χ4n) is 5.15. The Bertz CT molecular complexity index is 1860. The third kappa shape index (κ3) is 3.68. The van der Waals surface area contributed by atoms with E-state index in [-0.39, 0.29) is 5.82 Å². The number of furan rings is 1. The van der Waals surface area contributed by atoms with E-state index in [4.69, 9.17) is 4.42 Å².